The molecule has 22 heavy (non-hydrogen) atoms. The first-order valence-electron chi connectivity index (χ1n) is 7.24. The fourth-order valence-corrected chi connectivity index (χ4v) is 3.14. The number of carboxylic acids is 1. The summed E-state index contributed by atoms with van der Waals surface area (Å²) in [7, 11) is 1.66. The SMILES string of the molecule is C=C1c2ccc(OC)cc2CCc2c(C)cc(C(=O)O)cc21. The topological polar surface area (TPSA) is 46.5 Å². The second-order valence-corrected chi connectivity index (χ2v) is 5.63. The molecule has 0 atom stereocenters. The molecule has 1 aliphatic carbocycles. The lowest BCUT2D eigenvalue weighted by Gasteiger charge is -2.13. The van der Waals surface area contributed by atoms with Crippen molar-refractivity contribution >= 4 is 11.5 Å². The number of hydrogen-bond donors (Lipinski definition) is 1. The molecule has 0 aromatic heterocycles. The Kier molecular flexibility index (Phi) is 3.49. The lowest BCUT2D eigenvalue weighted by Crippen LogP contribution is -2.03. The number of rotatable bonds is 2. The highest BCUT2D eigenvalue weighted by molar-refractivity contribution is 5.92. The van der Waals surface area contributed by atoms with Gasteiger partial charge in [0, 0.05) is 0 Å². The van der Waals surface area contributed by atoms with E-state index in [4.69, 9.17) is 4.74 Å². The van der Waals surface area contributed by atoms with E-state index < -0.39 is 5.97 Å². The van der Waals surface area contributed by atoms with Gasteiger partial charge >= 0.3 is 5.97 Å². The standard InChI is InChI=1S/C19H18O3/c1-11-8-14(19(20)21)10-18-12(2)17-7-5-15(22-3)9-13(17)4-6-16(11)18/h5,7-10H,2,4,6H2,1,3H3,(H,20,21). The maximum absolute atomic E-state index is 11.3. The van der Waals surface area contributed by atoms with Crippen LogP contribution < -0.4 is 4.74 Å². The fourth-order valence-electron chi connectivity index (χ4n) is 3.14. The number of carbonyl (C=O) groups is 1. The first-order chi connectivity index (χ1) is 10.5. The second kappa shape index (κ2) is 5.34. The molecule has 0 amide bonds. The smallest absolute Gasteiger partial charge is 0.335 e. The normalized spacial score (nSPS) is 13.1. The van der Waals surface area contributed by atoms with E-state index in [2.05, 4.69) is 6.58 Å². The van der Waals surface area contributed by atoms with Crippen molar-refractivity contribution in [2.75, 3.05) is 7.11 Å². The number of methoxy groups -OCH3 is 1. The van der Waals surface area contributed by atoms with Crippen molar-refractivity contribution in [1.82, 2.24) is 0 Å². The third kappa shape index (κ3) is 2.29. The maximum atomic E-state index is 11.3. The molecule has 0 fully saturated rings. The van der Waals surface area contributed by atoms with E-state index in [-0.39, 0.29) is 0 Å². The number of hydrogen-bond acceptors (Lipinski definition) is 2. The lowest BCUT2D eigenvalue weighted by molar-refractivity contribution is 0.0696. The van der Waals surface area contributed by atoms with Crippen LogP contribution in [0.4, 0.5) is 0 Å². The molecule has 0 heterocycles. The van der Waals surface area contributed by atoms with E-state index in [1.807, 2.05) is 25.1 Å². The molecule has 0 saturated carbocycles. The van der Waals surface area contributed by atoms with Crippen molar-refractivity contribution in [2.45, 2.75) is 19.8 Å². The average Bonchev–Trinajstić information content (AvgIpc) is 2.65. The molecule has 1 N–H and O–H groups in total. The summed E-state index contributed by atoms with van der Waals surface area (Å²) in [5.74, 6) is -0.0710. The molecular weight excluding hydrogens is 276 g/mol. The Balaban J connectivity index is 2.18. The highest BCUT2D eigenvalue weighted by atomic mass is 16.5. The Morgan fingerprint density at radius 2 is 1.95 bits per heavy atom. The number of benzene rings is 2. The van der Waals surface area contributed by atoms with Crippen LogP contribution in [-0.2, 0) is 12.8 Å². The molecule has 0 radical (unpaired) electrons. The van der Waals surface area contributed by atoms with Gasteiger partial charge in [-0.3, -0.25) is 0 Å². The first-order valence-corrected chi connectivity index (χ1v) is 7.24. The maximum Gasteiger partial charge on any atom is 0.335 e. The molecule has 3 nitrogen and oxygen atoms in total. The fraction of sp³-hybridized carbons (Fsp3) is 0.211. The van der Waals surface area contributed by atoms with Crippen LogP contribution in [0.3, 0.4) is 0 Å². The Bertz CT molecular complexity index is 788. The molecule has 3 rings (SSSR count). The number of aryl methyl sites for hydroxylation is 2. The molecular formula is C19H18O3. The van der Waals surface area contributed by atoms with Gasteiger partial charge in [-0.2, -0.15) is 0 Å². The van der Waals surface area contributed by atoms with Crippen LogP contribution in [0.15, 0.2) is 36.9 Å². The van der Waals surface area contributed by atoms with Crippen LogP contribution >= 0.6 is 0 Å². The number of fused-ring (bicyclic) bond motifs is 2. The van der Waals surface area contributed by atoms with Crippen molar-refractivity contribution < 1.29 is 14.6 Å². The van der Waals surface area contributed by atoms with Gasteiger partial charge in [0.2, 0.25) is 0 Å². The van der Waals surface area contributed by atoms with E-state index in [1.165, 1.54) is 11.1 Å². The summed E-state index contributed by atoms with van der Waals surface area (Å²) in [5.41, 5.74) is 6.60. The third-order valence-electron chi connectivity index (χ3n) is 4.33. The lowest BCUT2D eigenvalue weighted by atomic mass is 9.91. The molecule has 0 aliphatic heterocycles. The van der Waals surface area contributed by atoms with Crippen LogP contribution in [0.5, 0.6) is 5.75 Å². The predicted molar refractivity (Wildman–Crippen MR) is 86.7 cm³/mol. The van der Waals surface area contributed by atoms with Gasteiger partial charge in [0.05, 0.1) is 12.7 Å². The predicted octanol–water partition coefficient (Wildman–Crippen LogP) is 3.86. The molecule has 2 aromatic rings. The second-order valence-electron chi connectivity index (χ2n) is 5.63. The highest BCUT2D eigenvalue weighted by Crippen LogP contribution is 2.35. The molecule has 0 bridgehead atoms. The summed E-state index contributed by atoms with van der Waals surface area (Å²) in [5, 5.41) is 9.28. The Morgan fingerprint density at radius 3 is 2.64 bits per heavy atom. The van der Waals surface area contributed by atoms with Gasteiger partial charge in [-0.15, -0.1) is 0 Å². The third-order valence-corrected chi connectivity index (χ3v) is 4.33. The van der Waals surface area contributed by atoms with Crippen LogP contribution in [-0.4, -0.2) is 18.2 Å². The van der Waals surface area contributed by atoms with Gasteiger partial charge in [0.25, 0.3) is 0 Å². The molecule has 0 saturated heterocycles. The molecule has 0 spiro atoms. The summed E-state index contributed by atoms with van der Waals surface area (Å²) >= 11 is 0. The van der Waals surface area contributed by atoms with E-state index in [0.29, 0.717) is 5.56 Å². The molecule has 2 aromatic carbocycles. The van der Waals surface area contributed by atoms with E-state index in [9.17, 15) is 9.90 Å². The summed E-state index contributed by atoms with van der Waals surface area (Å²) < 4.78 is 5.30. The quantitative estimate of drug-likeness (QED) is 0.914. The van der Waals surface area contributed by atoms with Gasteiger partial charge < -0.3 is 9.84 Å². The summed E-state index contributed by atoms with van der Waals surface area (Å²) in [6.45, 7) is 6.19. The van der Waals surface area contributed by atoms with Gasteiger partial charge in [-0.05, 0) is 77.4 Å². The minimum atomic E-state index is -0.905. The van der Waals surface area contributed by atoms with E-state index in [1.54, 1.807) is 19.2 Å². The van der Waals surface area contributed by atoms with Gasteiger partial charge in [-0.25, -0.2) is 4.79 Å². The number of aromatic carboxylic acids is 1. The van der Waals surface area contributed by atoms with Crippen LogP contribution in [0.2, 0.25) is 0 Å². The Hall–Kier alpha value is -2.55. The number of carboxylic acid groups (broad SMARTS) is 1. The zero-order chi connectivity index (χ0) is 15.9. The molecule has 0 unspecified atom stereocenters. The summed E-state index contributed by atoms with van der Waals surface area (Å²) in [4.78, 5) is 11.3. The number of ether oxygens (including phenoxy) is 1. The van der Waals surface area contributed by atoms with Crippen molar-refractivity contribution in [3.8, 4) is 5.75 Å². The zero-order valence-electron chi connectivity index (χ0n) is 12.8. The molecule has 112 valence electrons. The van der Waals surface area contributed by atoms with Crippen molar-refractivity contribution in [1.29, 1.82) is 0 Å². The minimum absolute atomic E-state index is 0.314. The summed E-state index contributed by atoms with van der Waals surface area (Å²) in [6, 6.07) is 9.45. The largest absolute Gasteiger partial charge is 0.497 e. The van der Waals surface area contributed by atoms with Crippen LogP contribution in [0.25, 0.3) is 5.57 Å². The highest BCUT2D eigenvalue weighted by Gasteiger charge is 2.20. The van der Waals surface area contributed by atoms with Crippen molar-refractivity contribution in [2.24, 2.45) is 0 Å². The Labute approximate surface area is 129 Å². The van der Waals surface area contributed by atoms with Gasteiger partial charge in [0.15, 0.2) is 0 Å². The van der Waals surface area contributed by atoms with Gasteiger partial charge in [-0.1, -0.05) is 12.6 Å². The minimum Gasteiger partial charge on any atom is -0.497 e. The van der Waals surface area contributed by atoms with Crippen LogP contribution in [0.1, 0.15) is 38.2 Å². The first kappa shape index (κ1) is 14.4. The zero-order valence-corrected chi connectivity index (χ0v) is 12.8. The Morgan fingerprint density at radius 1 is 1.18 bits per heavy atom. The van der Waals surface area contributed by atoms with E-state index in [0.717, 1.165) is 40.9 Å². The van der Waals surface area contributed by atoms with E-state index >= 15 is 0 Å². The molecule has 3 heteroatoms. The monoisotopic (exact) mass is 294 g/mol. The molecule has 1 aliphatic rings. The summed E-state index contributed by atoms with van der Waals surface area (Å²) in [6.07, 6.45) is 1.77. The van der Waals surface area contributed by atoms with Crippen LogP contribution in [0, 0.1) is 6.92 Å². The van der Waals surface area contributed by atoms with Gasteiger partial charge in [0.1, 0.15) is 5.75 Å². The average molecular weight is 294 g/mol. The van der Waals surface area contributed by atoms with Crippen molar-refractivity contribution in [3.05, 3.63) is 70.3 Å². The van der Waals surface area contributed by atoms with Crippen molar-refractivity contribution in [3.63, 3.8) is 0 Å².